The fourth-order valence-electron chi connectivity index (χ4n) is 1.14. The van der Waals surface area contributed by atoms with E-state index in [1.165, 1.54) is 18.2 Å². The molecule has 0 aliphatic heterocycles. The highest BCUT2D eigenvalue weighted by Gasteiger charge is 2.11. The van der Waals surface area contributed by atoms with E-state index in [4.69, 9.17) is 5.11 Å². The molecule has 5 heteroatoms. The Labute approximate surface area is 88.5 Å². The van der Waals surface area contributed by atoms with Crippen LogP contribution in [0.25, 0.3) is 0 Å². The molecule has 0 saturated heterocycles. The van der Waals surface area contributed by atoms with Gasteiger partial charge in [0.2, 0.25) is 0 Å². The van der Waals surface area contributed by atoms with Gasteiger partial charge in [-0.15, -0.1) is 9.24 Å². The molecule has 80 valence electrons. The number of carbonyl (C=O) groups excluding carboxylic acids is 1. The van der Waals surface area contributed by atoms with Gasteiger partial charge >= 0.3 is 5.97 Å². The molecule has 0 fully saturated rings. The van der Waals surface area contributed by atoms with Gasteiger partial charge in [-0.1, -0.05) is 0 Å². The molecule has 0 radical (unpaired) electrons. The van der Waals surface area contributed by atoms with E-state index in [0.29, 0.717) is 10.9 Å². The second-order valence-electron chi connectivity index (χ2n) is 3.05. The van der Waals surface area contributed by atoms with Gasteiger partial charge in [-0.05, 0) is 23.5 Å². The van der Waals surface area contributed by atoms with E-state index >= 15 is 0 Å². The molecule has 1 atom stereocenters. The summed E-state index contributed by atoms with van der Waals surface area (Å²) in [4.78, 5) is 21.7. The lowest BCUT2D eigenvalue weighted by Crippen LogP contribution is -2.11. The molecule has 0 aliphatic carbocycles. The van der Waals surface area contributed by atoms with Crippen molar-refractivity contribution in [3.05, 3.63) is 29.6 Å². The lowest BCUT2D eigenvalue weighted by molar-refractivity contribution is -0.136. The maximum Gasteiger partial charge on any atom is 0.303 e. The molecule has 0 spiro atoms. The Kier molecular flexibility index (Phi) is 3.92. The molecule has 1 aromatic carbocycles. The third-order valence-corrected chi connectivity index (χ3v) is 2.36. The highest BCUT2D eigenvalue weighted by atomic mass is 31.0. The summed E-state index contributed by atoms with van der Waals surface area (Å²) >= 11 is 0. The smallest absolute Gasteiger partial charge is 0.303 e. The normalized spacial score (nSPS) is 10.0. The molecule has 0 saturated carbocycles. The molecular weight excluding hydrogens is 218 g/mol. The number of carboxylic acid groups (broad SMARTS) is 1. The summed E-state index contributed by atoms with van der Waals surface area (Å²) in [5, 5.41) is 8.85. The molecule has 0 heterocycles. The highest BCUT2D eigenvalue weighted by molar-refractivity contribution is 7.27. The van der Waals surface area contributed by atoms with Crippen LogP contribution in [0.2, 0.25) is 0 Å². The fraction of sp³-hybridized carbons (Fsp3) is 0.200. The molecule has 0 amide bonds. The van der Waals surface area contributed by atoms with Crippen molar-refractivity contribution in [2.75, 3.05) is 0 Å². The van der Waals surface area contributed by atoms with Crippen molar-refractivity contribution in [1.82, 2.24) is 0 Å². The zero-order valence-corrected chi connectivity index (χ0v) is 9.02. The summed E-state index contributed by atoms with van der Waals surface area (Å²) in [6, 6.07) is 3.77. The molecule has 0 aliphatic rings. The van der Waals surface area contributed by atoms with Crippen LogP contribution in [0, 0.1) is 5.82 Å². The van der Waals surface area contributed by atoms with Crippen LogP contribution in [0.15, 0.2) is 18.2 Å². The average molecular weight is 228 g/mol. The van der Waals surface area contributed by atoms with Gasteiger partial charge < -0.3 is 5.11 Å². The summed E-state index contributed by atoms with van der Waals surface area (Å²) in [6.07, 6.45) is -0.275. The first kappa shape index (κ1) is 11.8. The number of hydrogen-bond acceptors (Lipinski definition) is 2. The van der Waals surface area contributed by atoms with Crippen molar-refractivity contribution in [2.24, 2.45) is 0 Å². The van der Waals surface area contributed by atoms with Gasteiger partial charge in [0.05, 0.1) is 6.42 Å². The molecule has 1 N–H and O–H groups in total. The van der Waals surface area contributed by atoms with E-state index in [1.807, 2.05) is 0 Å². The minimum Gasteiger partial charge on any atom is -0.481 e. The number of hydrogen-bond donors (Lipinski definition) is 1. The maximum absolute atomic E-state index is 12.7. The topological polar surface area (TPSA) is 54.4 Å². The van der Waals surface area contributed by atoms with E-state index in [1.54, 1.807) is 0 Å². The van der Waals surface area contributed by atoms with Crippen molar-refractivity contribution in [1.29, 1.82) is 0 Å². The number of carbonyl (C=O) groups is 2. The number of Topliss-reactive ketones (excluding diaryl/α,β-unsaturated/α-hetero) is 1. The number of halogens is 1. The largest absolute Gasteiger partial charge is 0.481 e. The SMILES string of the molecule is O=C(O)CCC(=O)c1ccc(F)cc1P. The van der Waals surface area contributed by atoms with E-state index < -0.39 is 11.8 Å². The average Bonchev–Trinajstić information content (AvgIpc) is 2.14. The summed E-state index contributed by atoms with van der Waals surface area (Å²) in [6.45, 7) is 0. The molecule has 0 bridgehead atoms. The molecule has 1 unspecified atom stereocenters. The first-order valence-corrected chi connectivity index (χ1v) is 4.88. The van der Waals surface area contributed by atoms with E-state index in [2.05, 4.69) is 9.24 Å². The monoisotopic (exact) mass is 228 g/mol. The number of carboxylic acids is 1. The van der Waals surface area contributed by atoms with E-state index in [0.717, 1.165) is 0 Å². The van der Waals surface area contributed by atoms with Gasteiger partial charge in [-0.3, -0.25) is 9.59 Å². The summed E-state index contributed by atoms with van der Waals surface area (Å²) in [7, 11) is 2.26. The Morgan fingerprint density at radius 2 is 2.00 bits per heavy atom. The summed E-state index contributed by atoms with van der Waals surface area (Å²) in [5.41, 5.74) is 0.350. The first-order chi connectivity index (χ1) is 7.00. The number of rotatable bonds is 4. The Morgan fingerprint density at radius 3 is 2.53 bits per heavy atom. The summed E-state index contributed by atoms with van der Waals surface area (Å²) < 4.78 is 12.7. The van der Waals surface area contributed by atoms with Gasteiger partial charge in [0, 0.05) is 12.0 Å². The minimum atomic E-state index is -1.02. The van der Waals surface area contributed by atoms with Gasteiger partial charge in [0.1, 0.15) is 5.82 Å². The number of ketones is 1. The Hall–Kier alpha value is -1.28. The zero-order chi connectivity index (χ0) is 11.4. The van der Waals surface area contributed by atoms with E-state index in [9.17, 15) is 14.0 Å². The van der Waals surface area contributed by atoms with Crippen LogP contribution in [0.3, 0.4) is 0 Å². The molecule has 15 heavy (non-hydrogen) atoms. The van der Waals surface area contributed by atoms with Crippen LogP contribution in [0.5, 0.6) is 0 Å². The lowest BCUT2D eigenvalue weighted by Gasteiger charge is -2.03. The summed E-state index contributed by atoms with van der Waals surface area (Å²) in [5.74, 6) is -1.73. The van der Waals surface area contributed by atoms with Gasteiger partial charge in [0.25, 0.3) is 0 Å². The van der Waals surface area contributed by atoms with Crippen LogP contribution >= 0.6 is 9.24 Å². The third-order valence-electron chi connectivity index (χ3n) is 1.88. The predicted molar refractivity (Wildman–Crippen MR) is 56.9 cm³/mol. The second-order valence-corrected chi connectivity index (χ2v) is 3.67. The van der Waals surface area contributed by atoms with Crippen LogP contribution in [0.1, 0.15) is 23.2 Å². The fourth-order valence-corrected chi connectivity index (χ4v) is 1.56. The quantitative estimate of drug-likeness (QED) is 0.625. The predicted octanol–water partition coefficient (Wildman–Crippen LogP) is 1.37. The second kappa shape index (κ2) is 4.99. The van der Waals surface area contributed by atoms with Gasteiger partial charge in [-0.25, -0.2) is 4.39 Å². The molecule has 1 aromatic rings. The van der Waals surface area contributed by atoms with Crippen LogP contribution in [-0.4, -0.2) is 16.9 Å². The van der Waals surface area contributed by atoms with Crippen LogP contribution in [0.4, 0.5) is 4.39 Å². The van der Waals surface area contributed by atoms with Crippen molar-refractivity contribution >= 4 is 26.3 Å². The van der Waals surface area contributed by atoms with Crippen LogP contribution < -0.4 is 5.30 Å². The van der Waals surface area contributed by atoms with Gasteiger partial charge in [0.15, 0.2) is 5.78 Å². The third kappa shape index (κ3) is 3.40. The lowest BCUT2D eigenvalue weighted by atomic mass is 10.1. The van der Waals surface area contributed by atoms with Crippen molar-refractivity contribution < 1.29 is 19.1 Å². The maximum atomic E-state index is 12.7. The zero-order valence-electron chi connectivity index (χ0n) is 7.87. The van der Waals surface area contributed by atoms with Gasteiger partial charge in [-0.2, -0.15) is 0 Å². The Balaban J connectivity index is 2.78. The van der Waals surface area contributed by atoms with Crippen LogP contribution in [-0.2, 0) is 4.79 Å². The molecule has 1 rings (SSSR count). The first-order valence-electron chi connectivity index (χ1n) is 4.30. The Morgan fingerprint density at radius 1 is 1.33 bits per heavy atom. The highest BCUT2D eigenvalue weighted by Crippen LogP contribution is 2.08. The molecule has 3 nitrogen and oxygen atoms in total. The minimum absolute atomic E-state index is 0.0671. The number of aliphatic carboxylic acids is 1. The molecule has 0 aromatic heterocycles. The van der Waals surface area contributed by atoms with E-state index in [-0.39, 0.29) is 18.6 Å². The number of benzene rings is 1. The van der Waals surface area contributed by atoms with Crippen molar-refractivity contribution in [3.8, 4) is 0 Å². The van der Waals surface area contributed by atoms with Crippen molar-refractivity contribution in [3.63, 3.8) is 0 Å². The molecular formula is C10H10FO3P. The Bertz CT molecular complexity index is 404. The standard InChI is InChI=1S/C10H10FO3P/c11-6-1-2-7(9(15)5-6)8(12)3-4-10(13)14/h1-2,5H,3-4,15H2,(H,13,14). The van der Waals surface area contributed by atoms with Crippen molar-refractivity contribution in [2.45, 2.75) is 12.8 Å².